The van der Waals surface area contributed by atoms with Crippen LogP contribution in [0.5, 0.6) is 0 Å². The molecule has 0 saturated carbocycles. The van der Waals surface area contributed by atoms with E-state index in [1.165, 1.54) is 11.3 Å². The summed E-state index contributed by atoms with van der Waals surface area (Å²) >= 11 is 1.47. The second-order valence-corrected chi connectivity index (χ2v) is 7.84. The zero-order valence-electron chi connectivity index (χ0n) is 16.8. The first kappa shape index (κ1) is 20.4. The van der Waals surface area contributed by atoms with Crippen LogP contribution >= 0.6 is 11.3 Å². The maximum atomic E-state index is 12.8. The van der Waals surface area contributed by atoms with Crippen LogP contribution < -0.4 is 10.6 Å². The summed E-state index contributed by atoms with van der Waals surface area (Å²) < 4.78 is 0. The number of aryl methyl sites for hydroxylation is 1. The van der Waals surface area contributed by atoms with Crippen molar-refractivity contribution >= 4 is 34.5 Å². The van der Waals surface area contributed by atoms with Gasteiger partial charge in [-0.15, -0.1) is 11.3 Å². The lowest BCUT2D eigenvalue weighted by Gasteiger charge is -2.11. The third-order valence-electron chi connectivity index (χ3n) is 4.52. The number of thiazole rings is 1. The minimum Gasteiger partial charge on any atom is -0.325 e. The van der Waals surface area contributed by atoms with Crippen LogP contribution in [0.25, 0.3) is 10.6 Å². The van der Waals surface area contributed by atoms with Crippen molar-refractivity contribution in [3.8, 4) is 10.6 Å². The molecule has 2 heterocycles. The summed E-state index contributed by atoms with van der Waals surface area (Å²) in [4.78, 5) is 34.0. The van der Waals surface area contributed by atoms with E-state index in [9.17, 15) is 9.59 Å². The monoisotopic (exact) mass is 428 g/mol. The van der Waals surface area contributed by atoms with E-state index in [4.69, 9.17) is 0 Å². The highest BCUT2D eigenvalue weighted by atomic mass is 32.1. The lowest BCUT2D eigenvalue weighted by atomic mass is 10.1. The molecule has 2 N–H and O–H groups in total. The van der Waals surface area contributed by atoms with Gasteiger partial charge in [0.2, 0.25) is 5.91 Å². The minimum absolute atomic E-state index is 0.116. The summed E-state index contributed by atoms with van der Waals surface area (Å²) in [7, 11) is 0. The molecule has 2 aromatic carbocycles. The van der Waals surface area contributed by atoms with Crippen LogP contribution in [0.3, 0.4) is 0 Å². The molecule has 2 aromatic heterocycles. The molecule has 154 valence electrons. The van der Waals surface area contributed by atoms with E-state index in [1.54, 1.807) is 36.7 Å². The number of hydrogen-bond donors (Lipinski definition) is 2. The molecule has 0 aliphatic carbocycles. The standard InChI is InChI=1S/C24H20N4O2S/c1-16-6-4-8-18(12-16)26-23(30)20-9-2-3-10-21(20)28-22(29)13-19-15-31-24(27-19)17-7-5-11-25-14-17/h2-12,14-15H,13H2,1H3,(H,26,30)(H,28,29). The molecule has 0 radical (unpaired) electrons. The molecule has 0 saturated heterocycles. The molecule has 4 aromatic rings. The molecule has 2 amide bonds. The van der Waals surface area contributed by atoms with Gasteiger partial charge >= 0.3 is 0 Å². The molecular weight excluding hydrogens is 408 g/mol. The average molecular weight is 429 g/mol. The van der Waals surface area contributed by atoms with E-state index < -0.39 is 0 Å². The van der Waals surface area contributed by atoms with Gasteiger partial charge < -0.3 is 10.6 Å². The lowest BCUT2D eigenvalue weighted by Crippen LogP contribution is -2.19. The first-order chi connectivity index (χ1) is 15.1. The van der Waals surface area contributed by atoms with Crippen molar-refractivity contribution in [2.45, 2.75) is 13.3 Å². The van der Waals surface area contributed by atoms with Gasteiger partial charge in [-0.05, 0) is 48.9 Å². The zero-order chi connectivity index (χ0) is 21.6. The fourth-order valence-electron chi connectivity index (χ4n) is 3.08. The van der Waals surface area contributed by atoms with E-state index in [2.05, 4.69) is 20.6 Å². The number of para-hydroxylation sites is 1. The maximum absolute atomic E-state index is 12.8. The van der Waals surface area contributed by atoms with Gasteiger partial charge in [-0.1, -0.05) is 24.3 Å². The van der Waals surface area contributed by atoms with E-state index in [0.717, 1.165) is 16.1 Å². The fraction of sp³-hybridized carbons (Fsp3) is 0.0833. The highest BCUT2D eigenvalue weighted by Gasteiger charge is 2.15. The predicted molar refractivity (Wildman–Crippen MR) is 123 cm³/mol. The summed E-state index contributed by atoms with van der Waals surface area (Å²) in [5.74, 6) is -0.520. The topological polar surface area (TPSA) is 84.0 Å². The SMILES string of the molecule is Cc1cccc(NC(=O)c2ccccc2NC(=O)Cc2csc(-c3cccnc3)n2)c1. The van der Waals surface area contributed by atoms with Gasteiger partial charge in [0.05, 0.1) is 23.4 Å². The smallest absolute Gasteiger partial charge is 0.257 e. The third kappa shape index (κ3) is 5.21. The van der Waals surface area contributed by atoms with Gasteiger partial charge in [-0.25, -0.2) is 4.98 Å². The molecule has 0 fully saturated rings. The molecule has 0 aliphatic heterocycles. The van der Waals surface area contributed by atoms with E-state index >= 15 is 0 Å². The number of benzene rings is 2. The van der Waals surface area contributed by atoms with Gasteiger partial charge in [-0.2, -0.15) is 0 Å². The summed E-state index contributed by atoms with van der Waals surface area (Å²) in [5.41, 5.74) is 4.19. The lowest BCUT2D eigenvalue weighted by molar-refractivity contribution is -0.115. The normalized spacial score (nSPS) is 10.5. The van der Waals surface area contributed by atoms with Crippen LogP contribution in [0.1, 0.15) is 21.6 Å². The van der Waals surface area contributed by atoms with Crippen LogP contribution in [0.2, 0.25) is 0 Å². The van der Waals surface area contributed by atoms with Crippen LogP contribution in [-0.4, -0.2) is 21.8 Å². The number of aromatic nitrogens is 2. The summed E-state index contributed by atoms with van der Waals surface area (Å²) in [5, 5.41) is 8.39. The van der Waals surface area contributed by atoms with E-state index in [0.29, 0.717) is 22.6 Å². The second kappa shape index (κ2) is 9.32. The predicted octanol–water partition coefficient (Wildman–Crippen LogP) is 4.95. The molecule has 0 bridgehead atoms. The van der Waals surface area contributed by atoms with E-state index in [-0.39, 0.29) is 18.2 Å². The molecule has 0 spiro atoms. The summed E-state index contributed by atoms with van der Waals surface area (Å²) in [6.45, 7) is 1.96. The fourth-order valence-corrected chi connectivity index (χ4v) is 3.89. The van der Waals surface area contributed by atoms with Crippen LogP contribution in [0, 0.1) is 6.92 Å². The number of rotatable bonds is 6. The Bertz CT molecular complexity index is 1220. The number of anilines is 2. The Balaban J connectivity index is 1.44. The van der Waals surface area contributed by atoms with Gasteiger partial charge in [0.25, 0.3) is 5.91 Å². The number of amides is 2. The Morgan fingerprint density at radius 1 is 1.00 bits per heavy atom. The molecular formula is C24H20N4O2S. The van der Waals surface area contributed by atoms with Gasteiger partial charge in [0, 0.05) is 29.0 Å². The number of carbonyl (C=O) groups is 2. The Kier molecular flexibility index (Phi) is 6.14. The van der Waals surface area contributed by atoms with Crippen LogP contribution in [0.4, 0.5) is 11.4 Å². The molecule has 0 atom stereocenters. The van der Waals surface area contributed by atoms with Crippen molar-refractivity contribution in [2.24, 2.45) is 0 Å². The van der Waals surface area contributed by atoms with Crippen LogP contribution in [-0.2, 0) is 11.2 Å². The minimum atomic E-state index is -0.283. The second-order valence-electron chi connectivity index (χ2n) is 6.98. The van der Waals surface area contributed by atoms with Crippen LogP contribution in [0.15, 0.2) is 78.4 Å². The van der Waals surface area contributed by atoms with Crippen molar-refractivity contribution in [1.29, 1.82) is 0 Å². The zero-order valence-corrected chi connectivity index (χ0v) is 17.6. The largest absolute Gasteiger partial charge is 0.325 e. The maximum Gasteiger partial charge on any atom is 0.257 e. The Morgan fingerprint density at radius 3 is 2.68 bits per heavy atom. The highest BCUT2D eigenvalue weighted by molar-refractivity contribution is 7.13. The first-order valence-electron chi connectivity index (χ1n) is 9.70. The highest BCUT2D eigenvalue weighted by Crippen LogP contribution is 2.23. The summed E-state index contributed by atoms with van der Waals surface area (Å²) in [6, 6.07) is 18.3. The Morgan fingerprint density at radius 2 is 1.87 bits per heavy atom. The number of hydrogen-bond acceptors (Lipinski definition) is 5. The third-order valence-corrected chi connectivity index (χ3v) is 5.46. The molecule has 6 nitrogen and oxygen atoms in total. The quantitative estimate of drug-likeness (QED) is 0.455. The van der Waals surface area contributed by atoms with Gasteiger partial charge in [0.1, 0.15) is 5.01 Å². The molecule has 31 heavy (non-hydrogen) atoms. The van der Waals surface area contributed by atoms with Crippen molar-refractivity contribution in [2.75, 3.05) is 10.6 Å². The Hall–Kier alpha value is -3.84. The molecule has 0 aliphatic rings. The van der Waals surface area contributed by atoms with Gasteiger partial charge in [-0.3, -0.25) is 14.6 Å². The molecule has 0 unspecified atom stereocenters. The van der Waals surface area contributed by atoms with Crippen molar-refractivity contribution < 1.29 is 9.59 Å². The number of carbonyl (C=O) groups excluding carboxylic acids is 2. The van der Waals surface area contributed by atoms with Crippen molar-refractivity contribution in [3.63, 3.8) is 0 Å². The van der Waals surface area contributed by atoms with E-state index in [1.807, 2.05) is 48.7 Å². The number of pyridine rings is 1. The summed E-state index contributed by atoms with van der Waals surface area (Å²) in [6.07, 6.45) is 3.56. The van der Waals surface area contributed by atoms with Gasteiger partial charge in [0.15, 0.2) is 0 Å². The molecule has 7 heteroatoms. The molecule has 4 rings (SSSR count). The van der Waals surface area contributed by atoms with Crippen molar-refractivity contribution in [1.82, 2.24) is 9.97 Å². The number of nitrogens with zero attached hydrogens (tertiary/aromatic N) is 2. The first-order valence-corrected chi connectivity index (χ1v) is 10.6. The average Bonchev–Trinajstić information content (AvgIpc) is 3.23. The van der Waals surface area contributed by atoms with Crippen molar-refractivity contribution in [3.05, 3.63) is 95.3 Å². The Labute approximate surface area is 184 Å². The number of nitrogens with one attached hydrogen (secondary N) is 2.